The molecule has 3 fully saturated rings. The number of likely N-dealkylation sites (N-methyl/N-ethyl adjacent to an activating group) is 1. The van der Waals surface area contributed by atoms with Crippen molar-refractivity contribution in [3.05, 3.63) is 62.5 Å². The Balaban J connectivity index is 1.16. The molecule has 3 aliphatic heterocycles. The molecule has 14 heteroatoms. The molecular formula is C34H43BrF3N7O3. The first-order valence-corrected chi connectivity index (χ1v) is 17.5. The van der Waals surface area contributed by atoms with Gasteiger partial charge in [-0.1, -0.05) is 12.1 Å². The molecule has 3 aliphatic rings. The summed E-state index contributed by atoms with van der Waals surface area (Å²) in [5.74, 6) is -1.25. The SMILES string of the molecule is CN1CCN(C2CCN(C(=O)[C@H](CC(=O)N3CCC(n4c(=O)[nH]c5ccccc54)CC3)Cc3cc(Br)c(N)c(C(F)(F)F)c3)CC2)CC1. The molecule has 0 radical (unpaired) electrons. The number of nitrogens with zero attached hydrogens (tertiary/aromatic N) is 5. The highest BCUT2D eigenvalue weighted by atomic mass is 79.9. The zero-order valence-electron chi connectivity index (χ0n) is 27.1. The lowest BCUT2D eigenvalue weighted by atomic mass is 9.91. The first-order valence-electron chi connectivity index (χ1n) is 16.7. The van der Waals surface area contributed by atoms with E-state index < -0.39 is 23.3 Å². The number of rotatable bonds is 7. The summed E-state index contributed by atoms with van der Waals surface area (Å²) in [5, 5.41) is 0. The molecule has 1 aromatic heterocycles. The fourth-order valence-electron chi connectivity index (χ4n) is 7.60. The first kappa shape index (κ1) is 34.5. The van der Waals surface area contributed by atoms with Gasteiger partial charge in [0.05, 0.1) is 28.2 Å². The Kier molecular flexibility index (Phi) is 10.2. The zero-order valence-corrected chi connectivity index (χ0v) is 28.7. The van der Waals surface area contributed by atoms with Gasteiger partial charge in [0.15, 0.2) is 0 Å². The van der Waals surface area contributed by atoms with E-state index in [1.807, 2.05) is 24.3 Å². The molecule has 4 heterocycles. The molecule has 0 aliphatic carbocycles. The van der Waals surface area contributed by atoms with Crippen molar-refractivity contribution >= 4 is 44.5 Å². The van der Waals surface area contributed by atoms with Crippen LogP contribution in [0, 0.1) is 5.92 Å². The van der Waals surface area contributed by atoms with Crippen molar-refractivity contribution < 1.29 is 22.8 Å². The molecule has 0 unspecified atom stereocenters. The number of halogens is 4. The predicted molar refractivity (Wildman–Crippen MR) is 181 cm³/mol. The van der Waals surface area contributed by atoms with Crippen LogP contribution >= 0.6 is 15.9 Å². The van der Waals surface area contributed by atoms with Crippen LogP contribution in [-0.2, 0) is 22.2 Å². The third-order valence-corrected chi connectivity index (χ3v) is 11.0. The number of hydrogen-bond donors (Lipinski definition) is 2. The number of alkyl halides is 3. The number of aromatic amines is 1. The minimum absolute atomic E-state index is 0.0217. The number of para-hydroxylation sites is 2. The van der Waals surface area contributed by atoms with Crippen molar-refractivity contribution in [2.24, 2.45) is 5.92 Å². The molecule has 48 heavy (non-hydrogen) atoms. The van der Waals surface area contributed by atoms with E-state index in [0.29, 0.717) is 50.6 Å². The Hall–Kier alpha value is -3.36. The Morgan fingerprint density at radius 2 is 1.56 bits per heavy atom. The van der Waals surface area contributed by atoms with Crippen LogP contribution in [0.1, 0.15) is 49.3 Å². The summed E-state index contributed by atoms with van der Waals surface area (Å²) < 4.78 is 43.4. The molecule has 260 valence electrons. The lowest BCUT2D eigenvalue weighted by molar-refractivity contribution is -0.143. The monoisotopic (exact) mass is 733 g/mol. The van der Waals surface area contributed by atoms with Gasteiger partial charge in [0.1, 0.15) is 0 Å². The number of fused-ring (bicyclic) bond motifs is 1. The summed E-state index contributed by atoms with van der Waals surface area (Å²) in [6.45, 7) is 5.93. The van der Waals surface area contributed by atoms with Gasteiger partial charge in [0.25, 0.3) is 0 Å². The van der Waals surface area contributed by atoms with Crippen molar-refractivity contribution in [2.45, 2.75) is 56.8 Å². The summed E-state index contributed by atoms with van der Waals surface area (Å²) in [6, 6.07) is 10.3. The molecule has 0 spiro atoms. The normalized spacial score (nSPS) is 20.0. The molecular weight excluding hydrogens is 691 g/mol. The Morgan fingerprint density at radius 3 is 2.23 bits per heavy atom. The number of piperazine rings is 1. The molecule has 0 saturated carbocycles. The highest BCUT2D eigenvalue weighted by molar-refractivity contribution is 9.10. The number of carbonyl (C=O) groups excluding carboxylic acids is 2. The smallest absolute Gasteiger partial charge is 0.397 e. The number of anilines is 1. The topological polar surface area (TPSA) is 111 Å². The van der Waals surface area contributed by atoms with Gasteiger partial charge in [0, 0.05) is 75.3 Å². The van der Waals surface area contributed by atoms with Crippen molar-refractivity contribution in [2.75, 3.05) is 65.1 Å². The Bertz CT molecular complexity index is 1690. The van der Waals surface area contributed by atoms with Crippen molar-refractivity contribution in [3.8, 4) is 0 Å². The highest BCUT2D eigenvalue weighted by Crippen LogP contribution is 2.39. The van der Waals surface area contributed by atoms with Crippen LogP contribution in [0.15, 0.2) is 45.7 Å². The standard InChI is InChI=1S/C34H43BrF3N7O3/c1-41-14-16-42(17-15-41)24-6-12-44(13-7-24)32(47)23(18-22-19-26(34(36,37)38)31(39)27(35)20-22)21-30(46)43-10-8-25(9-11-43)45-29-5-3-2-4-28(29)40-33(45)48/h2-5,19-20,23-25H,6-18,21,39H2,1H3,(H,40,48)/t23-/m0/s1. The van der Waals surface area contributed by atoms with E-state index in [-0.39, 0.29) is 40.9 Å². The van der Waals surface area contributed by atoms with Crippen LogP contribution in [0.5, 0.6) is 0 Å². The number of imidazole rings is 1. The number of hydrogen-bond acceptors (Lipinski definition) is 6. The van der Waals surface area contributed by atoms with Gasteiger partial charge in [-0.05, 0) is 84.9 Å². The lowest BCUT2D eigenvalue weighted by Crippen LogP contribution is -2.53. The fraction of sp³-hybridized carbons (Fsp3) is 0.559. The van der Waals surface area contributed by atoms with E-state index in [0.717, 1.165) is 56.1 Å². The number of aromatic nitrogens is 2. The summed E-state index contributed by atoms with van der Waals surface area (Å²) in [5.41, 5.74) is 6.07. The Morgan fingerprint density at radius 1 is 0.938 bits per heavy atom. The second-order valence-corrected chi connectivity index (χ2v) is 14.3. The molecule has 3 N–H and O–H groups in total. The zero-order chi connectivity index (χ0) is 34.2. The number of amides is 2. The molecule has 3 aromatic rings. The van der Waals surface area contributed by atoms with E-state index in [1.165, 1.54) is 6.07 Å². The van der Waals surface area contributed by atoms with Gasteiger partial charge in [-0.15, -0.1) is 0 Å². The van der Waals surface area contributed by atoms with E-state index in [2.05, 4.69) is 37.8 Å². The molecule has 3 saturated heterocycles. The number of piperidine rings is 2. The van der Waals surface area contributed by atoms with Gasteiger partial charge < -0.3 is 25.4 Å². The molecule has 2 amide bonds. The average Bonchev–Trinajstić information content (AvgIpc) is 3.41. The van der Waals surface area contributed by atoms with Crippen LogP contribution in [0.25, 0.3) is 11.0 Å². The lowest BCUT2D eigenvalue weighted by Gasteiger charge is -2.42. The number of H-pyrrole nitrogens is 1. The second kappa shape index (κ2) is 14.2. The molecule has 6 rings (SSSR count). The first-order chi connectivity index (χ1) is 22.9. The Labute approximate surface area is 286 Å². The van der Waals surface area contributed by atoms with E-state index in [4.69, 9.17) is 5.73 Å². The molecule has 10 nitrogen and oxygen atoms in total. The van der Waals surface area contributed by atoms with Gasteiger partial charge in [-0.2, -0.15) is 13.2 Å². The maximum atomic E-state index is 14.1. The van der Waals surface area contributed by atoms with E-state index in [1.54, 1.807) is 14.4 Å². The average molecular weight is 735 g/mol. The van der Waals surface area contributed by atoms with E-state index >= 15 is 0 Å². The minimum Gasteiger partial charge on any atom is -0.397 e. The molecule has 1 atom stereocenters. The summed E-state index contributed by atoms with van der Waals surface area (Å²) >= 11 is 3.17. The van der Waals surface area contributed by atoms with Gasteiger partial charge in [-0.25, -0.2) is 4.79 Å². The fourth-order valence-corrected chi connectivity index (χ4v) is 8.11. The van der Waals surface area contributed by atoms with Crippen LogP contribution < -0.4 is 11.4 Å². The van der Waals surface area contributed by atoms with Crippen LogP contribution in [0.4, 0.5) is 18.9 Å². The van der Waals surface area contributed by atoms with Crippen LogP contribution in [0.3, 0.4) is 0 Å². The summed E-state index contributed by atoms with van der Waals surface area (Å²) in [6.07, 6.45) is -2.01. The predicted octanol–water partition coefficient (Wildman–Crippen LogP) is 4.34. The maximum absolute atomic E-state index is 14.1. The number of nitrogens with two attached hydrogens (primary N) is 1. The highest BCUT2D eigenvalue weighted by Gasteiger charge is 2.37. The number of carbonyl (C=O) groups is 2. The quantitative estimate of drug-likeness (QED) is 0.350. The van der Waals surface area contributed by atoms with Gasteiger partial charge in [0.2, 0.25) is 11.8 Å². The molecule has 0 bridgehead atoms. The van der Waals surface area contributed by atoms with Crippen molar-refractivity contribution in [1.82, 2.24) is 29.2 Å². The van der Waals surface area contributed by atoms with Gasteiger partial charge in [-0.3, -0.25) is 19.1 Å². The maximum Gasteiger partial charge on any atom is 0.418 e. The third kappa shape index (κ3) is 7.45. The van der Waals surface area contributed by atoms with Crippen LogP contribution in [-0.4, -0.2) is 106 Å². The van der Waals surface area contributed by atoms with Crippen molar-refractivity contribution in [3.63, 3.8) is 0 Å². The van der Waals surface area contributed by atoms with Gasteiger partial charge >= 0.3 is 11.9 Å². The number of likely N-dealkylation sites (tertiary alicyclic amines) is 2. The summed E-state index contributed by atoms with van der Waals surface area (Å²) in [4.78, 5) is 51.8. The second-order valence-electron chi connectivity index (χ2n) is 13.5. The van der Waals surface area contributed by atoms with Crippen molar-refractivity contribution in [1.29, 1.82) is 0 Å². The number of nitrogens with one attached hydrogen (secondary N) is 1. The third-order valence-electron chi connectivity index (χ3n) is 10.4. The summed E-state index contributed by atoms with van der Waals surface area (Å²) in [7, 11) is 2.12. The largest absolute Gasteiger partial charge is 0.418 e. The number of benzene rings is 2. The van der Waals surface area contributed by atoms with E-state index in [9.17, 15) is 27.6 Å². The van der Waals surface area contributed by atoms with Crippen LogP contribution in [0.2, 0.25) is 0 Å². The minimum atomic E-state index is -4.67. The molecule has 2 aromatic carbocycles. The number of nitrogen functional groups attached to an aromatic ring is 1.